The highest BCUT2D eigenvalue weighted by atomic mass is 35.6. The minimum Gasteiger partial charge on any atom is -0.367 e. The summed E-state index contributed by atoms with van der Waals surface area (Å²) in [5.41, 5.74) is 5.74. The van der Waals surface area contributed by atoms with Gasteiger partial charge in [0.2, 0.25) is 3.79 Å². The molecule has 1 heterocycles. The molecular formula is C18H17Cl4N3O. The summed E-state index contributed by atoms with van der Waals surface area (Å²) >= 11 is 23.7. The van der Waals surface area contributed by atoms with E-state index in [1.807, 2.05) is 41.4 Å². The Kier molecular flexibility index (Phi) is 6.67. The fourth-order valence-corrected chi connectivity index (χ4v) is 3.04. The molecule has 0 fully saturated rings. The van der Waals surface area contributed by atoms with Crippen molar-refractivity contribution >= 4 is 52.7 Å². The van der Waals surface area contributed by atoms with Crippen molar-refractivity contribution < 1.29 is 4.74 Å². The molecular weight excluding hydrogens is 416 g/mol. The predicted octanol–water partition coefficient (Wildman–Crippen LogP) is 5.23. The average molecular weight is 433 g/mol. The largest absolute Gasteiger partial charge is 0.367 e. The van der Waals surface area contributed by atoms with Crippen molar-refractivity contribution in [3.8, 4) is 0 Å². The summed E-state index contributed by atoms with van der Waals surface area (Å²) in [7, 11) is 0. The van der Waals surface area contributed by atoms with Crippen LogP contribution in [-0.4, -0.2) is 24.6 Å². The van der Waals surface area contributed by atoms with Crippen LogP contribution in [0.2, 0.25) is 5.02 Å². The van der Waals surface area contributed by atoms with Crippen LogP contribution in [0.15, 0.2) is 53.5 Å². The van der Waals surface area contributed by atoms with Crippen molar-refractivity contribution in [2.45, 2.75) is 16.5 Å². The molecule has 0 saturated carbocycles. The van der Waals surface area contributed by atoms with E-state index in [4.69, 9.17) is 51.1 Å². The van der Waals surface area contributed by atoms with Crippen LogP contribution in [0.1, 0.15) is 22.8 Å². The van der Waals surface area contributed by atoms with Gasteiger partial charge in [-0.3, -0.25) is 4.99 Å². The van der Waals surface area contributed by atoms with Gasteiger partial charge < -0.3 is 10.2 Å². The Morgan fingerprint density at radius 3 is 2.35 bits per heavy atom. The van der Waals surface area contributed by atoms with Gasteiger partial charge in [0.05, 0.1) is 25.6 Å². The van der Waals surface area contributed by atoms with Gasteiger partial charge in [0.1, 0.15) is 6.67 Å². The lowest BCUT2D eigenvalue weighted by Crippen LogP contribution is -2.36. The van der Waals surface area contributed by atoms with Crippen LogP contribution < -0.4 is 5.43 Å². The summed E-state index contributed by atoms with van der Waals surface area (Å²) < 4.78 is 4.74. The third-order valence-electron chi connectivity index (χ3n) is 3.94. The van der Waals surface area contributed by atoms with E-state index in [0.717, 1.165) is 11.1 Å². The maximum Gasteiger partial charge on any atom is 0.216 e. The topological polar surface area (TPSA) is 36.9 Å². The molecule has 0 aliphatic carbocycles. The van der Waals surface area contributed by atoms with Gasteiger partial charge in [0.25, 0.3) is 0 Å². The summed E-state index contributed by atoms with van der Waals surface area (Å²) in [6, 6.07) is 15.0. The number of rotatable bonds is 6. The molecule has 4 nitrogen and oxygen atoms in total. The first-order chi connectivity index (χ1) is 12.4. The fourth-order valence-electron chi connectivity index (χ4n) is 2.53. The Hall–Kier alpha value is -1.01. The maximum absolute atomic E-state index is 6.16. The molecule has 1 aliphatic heterocycles. The molecule has 1 unspecified atom stereocenters. The van der Waals surface area contributed by atoms with Crippen molar-refractivity contribution in [3.05, 3.63) is 70.2 Å². The van der Waals surface area contributed by atoms with Gasteiger partial charge >= 0.3 is 0 Å². The van der Waals surface area contributed by atoms with Gasteiger partial charge in [-0.2, -0.15) is 5.01 Å². The molecule has 2 aromatic carbocycles. The van der Waals surface area contributed by atoms with E-state index in [1.165, 1.54) is 0 Å². The number of ether oxygens (including phenoxy) is 1. The minimum absolute atomic E-state index is 0.144. The normalized spacial score (nSPS) is 15.8. The van der Waals surface area contributed by atoms with E-state index in [9.17, 15) is 0 Å². The minimum atomic E-state index is -1.42. The van der Waals surface area contributed by atoms with E-state index >= 15 is 0 Å². The van der Waals surface area contributed by atoms with E-state index in [-0.39, 0.29) is 6.10 Å². The van der Waals surface area contributed by atoms with Crippen LogP contribution >= 0.6 is 46.4 Å². The second-order valence-corrected chi connectivity index (χ2v) is 8.57. The summed E-state index contributed by atoms with van der Waals surface area (Å²) in [6.45, 7) is 1.67. The third kappa shape index (κ3) is 5.49. The first kappa shape index (κ1) is 19.7. The van der Waals surface area contributed by atoms with E-state index < -0.39 is 3.79 Å². The van der Waals surface area contributed by atoms with Crippen LogP contribution in [0, 0.1) is 0 Å². The lowest BCUT2D eigenvalue weighted by Gasteiger charge is -2.24. The first-order valence-corrected chi connectivity index (χ1v) is 9.45. The monoisotopic (exact) mass is 431 g/mol. The molecule has 1 N–H and O–H groups in total. The Bertz CT molecular complexity index is 737. The highest BCUT2D eigenvalue weighted by Gasteiger charge is 2.22. The van der Waals surface area contributed by atoms with Crippen molar-refractivity contribution in [2.75, 3.05) is 13.2 Å². The SMILES string of the molecule is Clc1ccc(C(CN2CN=CN2)OCc2ccc(C(Cl)(Cl)Cl)cc2)cc1. The summed E-state index contributed by atoms with van der Waals surface area (Å²) in [6.07, 6.45) is 1.53. The van der Waals surface area contributed by atoms with Crippen molar-refractivity contribution in [2.24, 2.45) is 4.99 Å². The van der Waals surface area contributed by atoms with E-state index in [0.29, 0.717) is 30.4 Å². The third-order valence-corrected chi connectivity index (χ3v) is 4.85. The molecule has 0 amide bonds. The molecule has 3 rings (SSSR count). The molecule has 26 heavy (non-hydrogen) atoms. The number of aliphatic imine (C=N–C) groups is 1. The maximum atomic E-state index is 6.16. The fraction of sp³-hybridized carbons (Fsp3) is 0.278. The molecule has 0 saturated heterocycles. The highest BCUT2D eigenvalue weighted by molar-refractivity contribution is 6.66. The number of nitrogens with zero attached hydrogens (tertiary/aromatic N) is 2. The number of hydrazine groups is 1. The smallest absolute Gasteiger partial charge is 0.216 e. The molecule has 0 aromatic heterocycles. The molecule has 1 aliphatic rings. The van der Waals surface area contributed by atoms with Crippen LogP contribution in [0.25, 0.3) is 0 Å². The Balaban J connectivity index is 1.67. The second kappa shape index (κ2) is 8.79. The van der Waals surface area contributed by atoms with Crippen LogP contribution in [0.5, 0.6) is 0 Å². The van der Waals surface area contributed by atoms with Crippen molar-refractivity contribution in [1.82, 2.24) is 10.4 Å². The molecule has 8 heteroatoms. The number of nitrogens with one attached hydrogen (secondary N) is 1. The quantitative estimate of drug-likeness (QED) is 0.634. The Labute approximate surface area is 172 Å². The zero-order chi connectivity index (χ0) is 18.6. The lowest BCUT2D eigenvalue weighted by molar-refractivity contribution is 0.0109. The van der Waals surface area contributed by atoms with Crippen LogP contribution in [0.3, 0.4) is 0 Å². The zero-order valence-corrected chi connectivity index (χ0v) is 16.7. The number of alkyl halides is 3. The van der Waals surface area contributed by atoms with Gasteiger partial charge in [0.15, 0.2) is 0 Å². The van der Waals surface area contributed by atoms with Crippen molar-refractivity contribution in [1.29, 1.82) is 0 Å². The van der Waals surface area contributed by atoms with Gasteiger partial charge in [-0.25, -0.2) is 0 Å². The molecule has 0 radical (unpaired) electrons. The summed E-state index contributed by atoms with van der Waals surface area (Å²) in [5.74, 6) is 0. The number of hydrogen-bond donors (Lipinski definition) is 1. The average Bonchev–Trinajstić information content (AvgIpc) is 3.12. The first-order valence-electron chi connectivity index (χ1n) is 7.94. The molecule has 1 atom stereocenters. The van der Waals surface area contributed by atoms with Gasteiger partial charge in [0, 0.05) is 10.6 Å². The number of benzene rings is 2. The van der Waals surface area contributed by atoms with Crippen molar-refractivity contribution in [3.63, 3.8) is 0 Å². The predicted molar refractivity (Wildman–Crippen MR) is 108 cm³/mol. The summed E-state index contributed by atoms with van der Waals surface area (Å²) in [4.78, 5) is 4.15. The Morgan fingerprint density at radius 1 is 1.08 bits per heavy atom. The van der Waals surface area contributed by atoms with Gasteiger partial charge in [-0.1, -0.05) is 82.8 Å². The highest BCUT2D eigenvalue weighted by Crippen LogP contribution is 2.38. The van der Waals surface area contributed by atoms with Gasteiger partial charge in [-0.05, 0) is 23.3 Å². The van der Waals surface area contributed by atoms with Crippen LogP contribution in [-0.2, 0) is 15.1 Å². The molecule has 0 spiro atoms. The number of halogens is 4. The number of hydrogen-bond acceptors (Lipinski definition) is 4. The van der Waals surface area contributed by atoms with Gasteiger partial charge in [-0.15, -0.1) is 0 Å². The zero-order valence-electron chi connectivity index (χ0n) is 13.7. The molecule has 0 bridgehead atoms. The molecule has 138 valence electrons. The summed E-state index contributed by atoms with van der Waals surface area (Å²) in [5, 5.41) is 2.67. The van der Waals surface area contributed by atoms with Crippen LogP contribution in [0.4, 0.5) is 0 Å². The molecule has 2 aromatic rings. The van der Waals surface area contributed by atoms with E-state index in [2.05, 4.69) is 10.4 Å². The lowest BCUT2D eigenvalue weighted by atomic mass is 10.1. The second-order valence-electron chi connectivity index (χ2n) is 5.85. The standard InChI is InChI=1S/C18H17Cl4N3O/c19-16-7-3-14(4-8-16)17(9-25-12-23-11-24-25)26-10-13-1-5-15(6-2-13)18(20,21)22/h1-8,11,17H,9-10,12H2,(H,23,24). The Morgan fingerprint density at radius 2 is 1.77 bits per heavy atom. The van der Waals surface area contributed by atoms with E-state index in [1.54, 1.807) is 18.5 Å².